The first kappa shape index (κ1) is 15.8. The highest BCUT2D eigenvalue weighted by molar-refractivity contribution is 8.52. The summed E-state index contributed by atoms with van der Waals surface area (Å²) < 4.78 is 11.5. The van der Waals surface area contributed by atoms with Crippen LogP contribution in [0, 0.1) is 0 Å². The van der Waals surface area contributed by atoms with Gasteiger partial charge in [-0.2, -0.15) is 0 Å². The lowest BCUT2D eigenvalue weighted by molar-refractivity contribution is 0.346. The lowest BCUT2D eigenvalue weighted by atomic mass is 10.2. The molecule has 0 saturated carbocycles. The molecule has 0 radical (unpaired) electrons. The van der Waals surface area contributed by atoms with Crippen molar-refractivity contribution in [3.63, 3.8) is 0 Å². The summed E-state index contributed by atoms with van der Waals surface area (Å²) in [6.07, 6.45) is 5.17. The number of unbranched alkanes of at least 4 members (excludes halogenated alkanes) is 3. The summed E-state index contributed by atoms with van der Waals surface area (Å²) in [6, 6.07) is 9.92. The molecule has 0 N–H and O–H groups in total. The van der Waals surface area contributed by atoms with Crippen LogP contribution in [0.2, 0.25) is 0 Å². The Bertz CT molecular complexity index is 295. The van der Waals surface area contributed by atoms with Crippen LogP contribution in [0.4, 0.5) is 0 Å². The van der Waals surface area contributed by atoms with Gasteiger partial charge in [-0.05, 0) is 25.5 Å². The minimum absolute atomic E-state index is 0.709. The number of rotatable bonds is 10. The van der Waals surface area contributed by atoms with Crippen molar-refractivity contribution in [2.24, 2.45) is 0 Å². The zero-order chi connectivity index (χ0) is 13.1. The highest BCUT2D eigenvalue weighted by atomic mass is 32.7. The van der Waals surface area contributed by atoms with Gasteiger partial charge in [0.15, 0.2) is 0 Å². The molecule has 1 atom stereocenters. The quantitative estimate of drug-likeness (QED) is 0.409. The van der Waals surface area contributed by atoms with Crippen molar-refractivity contribution in [1.82, 2.24) is 0 Å². The van der Waals surface area contributed by atoms with E-state index in [0.29, 0.717) is 6.61 Å². The highest BCUT2D eigenvalue weighted by Gasteiger charge is 2.12. The van der Waals surface area contributed by atoms with E-state index in [9.17, 15) is 0 Å². The molecular formula is C14H23O2PS. The van der Waals surface area contributed by atoms with Gasteiger partial charge in [-0.3, -0.25) is 0 Å². The van der Waals surface area contributed by atoms with Gasteiger partial charge < -0.3 is 9.05 Å². The van der Waals surface area contributed by atoms with Crippen molar-refractivity contribution in [3.05, 3.63) is 30.3 Å². The predicted molar refractivity (Wildman–Crippen MR) is 82.2 cm³/mol. The lowest BCUT2D eigenvalue weighted by Crippen LogP contribution is -1.91. The van der Waals surface area contributed by atoms with Gasteiger partial charge >= 0.3 is 0 Å². The van der Waals surface area contributed by atoms with Gasteiger partial charge in [0.05, 0.1) is 6.61 Å². The first-order valence-electron chi connectivity index (χ1n) is 6.65. The lowest BCUT2D eigenvalue weighted by Gasteiger charge is -2.16. The molecule has 1 aromatic carbocycles. The van der Waals surface area contributed by atoms with Crippen LogP contribution in [0.15, 0.2) is 30.3 Å². The zero-order valence-corrected chi connectivity index (χ0v) is 13.0. The number of hydrogen-bond donors (Lipinski definition) is 0. The summed E-state index contributed by atoms with van der Waals surface area (Å²) in [7, 11) is -0.841. The summed E-state index contributed by atoms with van der Waals surface area (Å²) in [6.45, 7) is 4.96. The Morgan fingerprint density at radius 2 is 1.83 bits per heavy atom. The van der Waals surface area contributed by atoms with E-state index in [4.69, 9.17) is 9.05 Å². The second-order valence-corrected chi connectivity index (χ2v) is 7.16. The second kappa shape index (κ2) is 10.7. The fourth-order valence-electron chi connectivity index (χ4n) is 1.43. The third-order valence-corrected chi connectivity index (χ3v) is 5.58. The van der Waals surface area contributed by atoms with Crippen LogP contribution in [-0.2, 0) is 4.52 Å². The number of benzene rings is 1. The second-order valence-electron chi connectivity index (χ2n) is 3.94. The van der Waals surface area contributed by atoms with Crippen LogP contribution >= 0.6 is 19.0 Å². The predicted octanol–water partition coefficient (Wildman–Crippen LogP) is 5.64. The van der Waals surface area contributed by atoms with Gasteiger partial charge in [-0.15, -0.1) is 0 Å². The molecule has 4 heteroatoms. The van der Waals surface area contributed by atoms with Crippen LogP contribution in [-0.4, -0.2) is 12.4 Å². The summed E-state index contributed by atoms with van der Waals surface area (Å²) in [4.78, 5) is 0. The van der Waals surface area contributed by atoms with E-state index >= 15 is 0 Å². The van der Waals surface area contributed by atoms with E-state index in [0.717, 1.165) is 11.5 Å². The molecule has 102 valence electrons. The van der Waals surface area contributed by atoms with Gasteiger partial charge in [0.2, 0.25) is 0 Å². The van der Waals surface area contributed by atoms with Crippen molar-refractivity contribution in [3.8, 4) is 5.75 Å². The molecule has 0 aliphatic heterocycles. The van der Waals surface area contributed by atoms with Crippen LogP contribution in [0.5, 0.6) is 5.75 Å². The Hall–Kier alpha value is -0.240. The van der Waals surface area contributed by atoms with E-state index in [-0.39, 0.29) is 0 Å². The average Bonchev–Trinajstić information content (AvgIpc) is 2.40. The maximum Gasteiger partial charge on any atom is 0.298 e. The molecule has 2 nitrogen and oxygen atoms in total. The molecular weight excluding hydrogens is 263 g/mol. The van der Waals surface area contributed by atoms with E-state index < -0.39 is 7.58 Å². The standard InChI is InChI=1S/C14H23O2PS/c1-3-5-6-10-13-18-17(15-4-2)16-14-11-8-7-9-12-14/h7-9,11-12H,3-6,10,13H2,1-2H3. The van der Waals surface area contributed by atoms with Crippen molar-refractivity contribution >= 4 is 19.0 Å². The third-order valence-electron chi connectivity index (χ3n) is 2.35. The molecule has 0 amide bonds. The van der Waals surface area contributed by atoms with E-state index in [2.05, 4.69) is 6.92 Å². The molecule has 0 aromatic heterocycles. The SMILES string of the molecule is CCCCCCSP(OCC)Oc1ccccc1. The van der Waals surface area contributed by atoms with Crippen LogP contribution in [0.1, 0.15) is 39.5 Å². The van der Waals surface area contributed by atoms with Crippen molar-refractivity contribution in [2.45, 2.75) is 39.5 Å². The summed E-state index contributed by atoms with van der Waals surface area (Å²) in [5.74, 6) is 2.02. The van der Waals surface area contributed by atoms with E-state index in [1.54, 1.807) is 0 Å². The molecule has 18 heavy (non-hydrogen) atoms. The zero-order valence-electron chi connectivity index (χ0n) is 11.3. The normalized spacial score (nSPS) is 12.3. The Kier molecular flexibility index (Phi) is 9.37. The molecule has 0 bridgehead atoms. The minimum Gasteiger partial charge on any atom is -0.440 e. The Labute approximate surface area is 116 Å². The maximum absolute atomic E-state index is 5.87. The molecule has 1 rings (SSSR count). The molecule has 0 fully saturated rings. The van der Waals surface area contributed by atoms with E-state index in [1.165, 1.54) is 25.7 Å². The largest absolute Gasteiger partial charge is 0.440 e. The topological polar surface area (TPSA) is 18.5 Å². The molecule has 0 aliphatic rings. The molecule has 1 unspecified atom stereocenters. The summed E-state index contributed by atoms with van der Waals surface area (Å²) in [5, 5.41) is 0. The van der Waals surface area contributed by atoms with Crippen LogP contribution in [0.3, 0.4) is 0 Å². The Morgan fingerprint density at radius 1 is 1.06 bits per heavy atom. The Balaban J connectivity index is 2.26. The smallest absolute Gasteiger partial charge is 0.298 e. The van der Waals surface area contributed by atoms with Gasteiger partial charge in [-0.25, -0.2) is 0 Å². The fourth-order valence-corrected chi connectivity index (χ4v) is 4.39. The maximum atomic E-state index is 5.87. The third kappa shape index (κ3) is 7.25. The van der Waals surface area contributed by atoms with E-state index in [1.807, 2.05) is 48.6 Å². The Morgan fingerprint density at radius 3 is 2.50 bits per heavy atom. The van der Waals surface area contributed by atoms with Gasteiger partial charge in [-0.1, -0.05) is 55.8 Å². The number of para-hydroxylation sites is 1. The van der Waals surface area contributed by atoms with Crippen LogP contribution < -0.4 is 4.52 Å². The van der Waals surface area contributed by atoms with Gasteiger partial charge in [0.1, 0.15) is 5.75 Å². The molecule has 1 aromatic rings. The minimum atomic E-state index is -0.841. The summed E-state index contributed by atoms with van der Waals surface area (Å²) in [5.41, 5.74) is 0. The molecule has 0 aliphatic carbocycles. The molecule has 0 spiro atoms. The summed E-state index contributed by atoms with van der Waals surface area (Å²) >= 11 is 1.81. The van der Waals surface area contributed by atoms with Gasteiger partial charge in [0.25, 0.3) is 7.58 Å². The highest BCUT2D eigenvalue weighted by Crippen LogP contribution is 2.51. The first-order chi connectivity index (χ1) is 8.86. The van der Waals surface area contributed by atoms with Crippen LogP contribution in [0.25, 0.3) is 0 Å². The fraction of sp³-hybridized carbons (Fsp3) is 0.571. The molecule has 0 heterocycles. The first-order valence-corrected chi connectivity index (χ1v) is 9.42. The van der Waals surface area contributed by atoms with Crippen molar-refractivity contribution in [2.75, 3.05) is 12.4 Å². The monoisotopic (exact) mass is 286 g/mol. The van der Waals surface area contributed by atoms with Gasteiger partial charge in [0, 0.05) is 5.75 Å². The average molecular weight is 286 g/mol. The van der Waals surface area contributed by atoms with Crippen molar-refractivity contribution < 1.29 is 9.05 Å². The van der Waals surface area contributed by atoms with Crippen molar-refractivity contribution in [1.29, 1.82) is 0 Å². The molecule has 0 saturated heterocycles. The number of hydrogen-bond acceptors (Lipinski definition) is 3.